The van der Waals surface area contributed by atoms with Gasteiger partial charge in [-0.05, 0) is 30.7 Å². The van der Waals surface area contributed by atoms with Crippen molar-refractivity contribution in [1.82, 2.24) is 0 Å². The molecule has 0 saturated carbocycles. The quantitative estimate of drug-likeness (QED) is 0.828. The molecule has 1 amide bonds. The molecule has 1 saturated heterocycles. The van der Waals surface area contributed by atoms with E-state index in [1.807, 2.05) is 6.07 Å². The number of hydrogen-bond acceptors (Lipinski definition) is 3. The Morgan fingerprint density at radius 3 is 2.94 bits per heavy atom. The number of nitrogens with two attached hydrogens (primary N) is 1. The first kappa shape index (κ1) is 11.6. The molecule has 0 radical (unpaired) electrons. The fourth-order valence-corrected chi connectivity index (χ4v) is 1.96. The average Bonchev–Trinajstić information content (AvgIpc) is 2.71. The van der Waals surface area contributed by atoms with E-state index < -0.39 is 5.82 Å². The predicted molar refractivity (Wildman–Crippen MR) is 60.6 cm³/mol. The Kier molecular flexibility index (Phi) is 3.07. The largest absolute Gasteiger partial charge is 0.330 e. The third-order valence-corrected chi connectivity index (χ3v) is 2.90. The highest BCUT2D eigenvalue weighted by Gasteiger charge is 2.31. The van der Waals surface area contributed by atoms with Crippen molar-refractivity contribution >= 4 is 11.6 Å². The zero-order valence-corrected chi connectivity index (χ0v) is 9.19. The van der Waals surface area contributed by atoms with E-state index in [2.05, 4.69) is 0 Å². The van der Waals surface area contributed by atoms with Crippen molar-refractivity contribution in [1.29, 1.82) is 5.26 Å². The number of halogens is 1. The molecule has 0 spiro atoms. The zero-order chi connectivity index (χ0) is 12.4. The second-order valence-corrected chi connectivity index (χ2v) is 4.09. The SMILES string of the molecule is N#Cc1ccc(F)c(N2CC(CN)CC2=O)c1. The summed E-state index contributed by atoms with van der Waals surface area (Å²) >= 11 is 0. The number of rotatable bonds is 2. The van der Waals surface area contributed by atoms with Crippen molar-refractivity contribution in [2.75, 3.05) is 18.0 Å². The number of carbonyl (C=O) groups excluding carboxylic acids is 1. The molecule has 17 heavy (non-hydrogen) atoms. The van der Waals surface area contributed by atoms with Crippen LogP contribution in [0.15, 0.2) is 18.2 Å². The molecule has 2 N–H and O–H groups in total. The van der Waals surface area contributed by atoms with Crippen LogP contribution in [0.25, 0.3) is 0 Å². The summed E-state index contributed by atoms with van der Waals surface area (Å²) in [6.07, 6.45) is 0.340. The summed E-state index contributed by atoms with van der Waals surface area (Å²) in [5.41, 5.74) is 6.02. The van der Waals surface area contributed by atoms with Crippen LogP contribution in [0.3, 0.4) is 0 Å². The van der Waals surface area contributed by atoms with Gasteiger partial charge in [0.15, 0.2) is 0 Å². The third kappa shape index (κ3) is 2.12. The highest BCUT2D eigenvalue weighted by molar-refractivity contribution is 5.96. The van der Waals surface area contributed by atoms with E-state index in [9.17, 15) is 9.18 Å². The molecule has 1 aromatic carbocycles. The van der Waals surface area contributed by atoms with Crippen LogP contribution >= 0.6 is 0 Å². The van der Waals surface area contributed by atoms with E-state index in [0.717, 1.165) is 0 Å². The molecule has 4 nitrogen and oxygen atoms in total. The topological polar surface area (TPSA) is 70.1 Å². The van der Waals surface area contributed by atoms with Crippen molar-refractivity contribution in [3.8, 4) is 6.07 Å². The van der Waals surface area contributed by atoms with Gasteiger partial charge in [0, 0.05) is 13.0 Å². The van der Waals surface area contributed by atoms with Gasteiger partial charge in [-0.25, -0.2) is 4.39 Å². The molecule has 1 heterocycles. The molecule has 0 bridgehead atoms. The van der Waals surface area contributed by atoms with Gasteiger partial charge in [-0.3, -0.25) is 4.79 Å². The fraction of sp³-hybridized carbons (Fsp3) is 0.333. The first-order chi connectivity index (χ1) is 8.15. The highest BCUT2D eigenvalue weighted by Crippen LogP contribution is 2.27. The van der Waals surface area contributed by atoms with Crippen LogP contribution < -0.4 is 10.6 Å². The maximum atomic E-state index is 13.6. The lowest BCUT2D eigenvalue weighted by atomic mass is 10.1. The Labute approximate surface area is 98.4 Å². The lowest BCUT2D eigenvalue weighted by molar-refractivity contribution is -0.117. The summed E-state index contributed by atoms with van der Waals surface area (Å²) in [6, 6.07) is 5.92. The molecule has 0 aromatic heterocycles. The maximum Gasteiger partial charge on any atom is 0.227 e. The van der Waals surface area contributed by atoms with E-state index in [1.54, 1.807) is 0 Å². The lowest BCUT2D eigenvalue weighted by Gasteiger charge is -2.17. The molecule has 1 atom stereocenters. The van der Waals surface area contributed by atoms with Gasteiger partial charge < -0.3 is 10.6 Å². The maximum absolute atomic E-state index is 13.6. The summed E-state index contributed by atoms with van der Waals surface area (Å²) in [5, 5.41) is 8.76. The fourth-order valence-electron chi connectivity index (χ4n) is 1.96. The Balaban J connectivity index is 2.34. The van der Waals surface area contributed by atoms with Gasteiger partial charge in [0.05, 0.1) is 17.3 Å². The van der Waals surface area contributed by atoms with E-state index in [4.69, 9.17) is 11.0 Å². The van der Waals surface area contributed by atoms with Crippen LogP contribution in [0.5, 0.6) is 0 Å². The molecule has 1 unspecified atom stereocenters. The zero-order valence-electron chi connectivity index (χ0n) is 9.19. The van der Waals surface area contributed by atoms with E-state index in [0.29, 0.717) is 25.1 Å². The van der Waals surface area contributed by atoms with E-state index >= 15 is 0 Å². The first-order valence-electron chi connectivity index (χ1n) is 5.35. The number of amides is 1. The van der Waals surface area contributed by atoms with Crippen molar-refractivity contribution in [3.05, 3.63) is 29.6 Å². The summed E-state index contributed by atoms with van der Waals surface area (Å²) in [6.45, 7) is 0.822. The van der Waals surface area contributed by atoms with Crippen LogP contribution in [0.1, 0.15) is 12.0 Å². The standard InChI is InChI=1S/C12H12FN3O/c13-10-2-1-8(5-14)3-11(10)16-7-9(6-15)4-12(16)17/h1-3,9H,4,6-7,15H2. The number of carbonyl (C=O) groups is 1. The molecule has 1 fully saturated rings. The minimum atomic E-state index is -0.491. The molecule has 1 aliphatic rings. The van der Waals surface area contributed by atoms with Crippen molar-refractivity contribution in [2.24, 2.45) is 11.7 Å². The van der Waals surface area contributed by atoms with Gasteiger partial charge in [0.2, 0.25) is 5.91 Å². The minimum Gasteiger partial charge on any atom is -0.330 e. The van der Waals surface area contributed by atoms with Crippen LogP contribution in [0.2, 0.25) is 0 Å². The van der Waals surface area contributed by atoms with Gasteiger partial charge in [0.25, 0.3) is 0 Å². The Morgan fingerprint density at radius 2 is 2.35 bits per heavy atom. The smallest absolute Gasteiger partial charge is 0.227 e. The van der Waals surface area contributed by atoms with Gasteiger partial charge in [0.1, 0.15) is 5.82 Å². The van der Waals surface area contributed by atoms with Crippen LogP contribution in [0.4, 0.5) is 10.1 Å². The number of nitrogens with zero attached hydrogens (tertiary/aromatic N) is 2. The first-order valence-corrected chi connectivity index (χ1v) is 5.35. The lowest BCUT2D eigenvalue weighted by Crippen LogP contribution is -2.26. The number of benzene rings is 1. The Bertz CT molecular complexity index is 495. The van der Waals surface area contributed by atoms with Gasteiger partial charge in [-0.15, -0.1) is 0 Å². The highest BCUT2D eigenvalue weighted by atomic mass is 19.1. The normalized spacial score (nSPS) is 19.5. The minimum absolute atomic E-state index is 0.0626. The van der Waals surface area contributed by atoms with E-state index in [-0.39, 0.29) is 17.5 Å². The molecule has 1 aliphatic heterocycles. The van der Waals surface area contributed by atoms with Crippen molar-refractivity contribution in [2.45, 2.75) is 6.42 Å². The van der Waals surface area contributed by atoms with Crippen molar-refractivity contribution in [3.63, 3.8) is 0 Å². The molecule has 88 valence electrons. The second-order valence-electron chi connectivity index (χ2n) is 4.09. The average molecular weight is 233 g/mol. The predicted octanol–water partition coefficient (Wildman–Crippen LogP) is 1.01. The van der Waals surface area contributed by atoms with Gasteiger partial charge >= 0.3 is 0 Å². The van der Waals surface area contributed by atoms with Crippen LogP contribution in [-0.2, 0) is 4.79 Å². The van der Waals surface area contributed by atoms with Crippen LogP contribution in [-0.4, -0.2) is 19.0 Å². The molecular formula is C12H12FN3O. The summed E-state index contributed by atoms with van der Waals surface area (Å²) in [5.74, 6) is -0.572. The number of anilines is 1. The Morgan fingerprint density at radius 1 is 1.59 bits per heavy atom. The van der Waals surface area contributed by atoms with Crippen molar-refractivity contribution < 1.29 is 9.18 Å². The molecule has 0 aliphatic carbocycles. The molecule has 1 aromatic rings. The molecule has 2 rings (SSSR count). The monoisotopic (exact) mass is 233 g/mol. The Hall–Kier alpha value is -1.93. The van der Waals surface area contributed by atoms with Crippen LogP contribution in [0, 0.1) is 23.1 Å². The number of nitriles is 1. The molecule has 5 heteroatoms. The van der Waals surface area contributed by atoms with Gasteiger partial charge in [-0.2, -0.15) is 5.26 Å². The molecular weight excluding hydrogens is 221 g/mol. The third-order valence-electron chi connectivity index (χ3n) is 2.90. The second kappa shape index (κ2) is 4.52. The summed E-state index contributed by atoms with van der Waals surface area (Å²) < 4.78 is 13.6. The van der Waals surface area contributed by atoms with Gasteiger partial charge in [-0.1, -0.05) is 0 Å². The summed E-state index contributed by atoms with van der Waals surface area (Å²) in [4.78, 5) is 13.1. The van der Waals surface area contributed by atoms with E-state index in [1.165, 1.54) is 23.1 Å². The number of hydrogen-bond donors (Lipinski definition) is 1. The summed E-state index contributed by atoms with van der Waals surface area (Å²) in [7, 11) is 0.